The molecule has 2 aliphatic rings. The predicted molar refractivity (Wildman–Crippen MR) is 87.1 cm³/mol. The van der Waals surface area contributed by atoms with Gasteiger partial charge in [0.1, 0.15) is 0 Å². The maximum Gasteiger partial charge on any atom is 0.311 e. The molecule has 1 saturated carbocycles. The molecule has 1 aromatic rings. The molecule has 1 aliphatic carbocycles. The summed E-state index contributed by atoms with van der Waals surface area (Å²) in [6.07, 6.45) is 2.46. The first-order chi connectivity index (χ1) is 11.6. The fourth-order valence-electron chi connectivity index (χ4n) is 3.90. The molecule has 0 bridgehead atoms. The number of aliphatic carboxylic acids is 1. The number of benzene rings is 1. The second-order valence-electron chi connectivity index (χ2n) is 6.49. The highest BCUT2D eigenvalue weighted by Gasteiger charge is 2.55. The summed E-state index contributed by atoms with van der Waals surface area (Å²) >= 11 is 0. The highest BCUT2D eigenvalue weighted by Crippen LogP contribution is 2.48. The number of ether oxygens (including phenoxy) is 2. The topological polar surface area (TPSA) is 76.1 Å². The lowest BCUT2D eigenvalue weighted by atomic mass is 9.81. The standard InChI is InChI=1S/C18H23NO5/c1-2-23-14-7-3-4-8-15(14)24-11-16(20)19-10-13-6-5-9-18(13,12-19)17(21)22/h3-4,7-8,13H,2,5-6,9-12H2,1H3,(H,21,22)/t13-,18+/m0/s1. The van der Waals surface area contributed by atoms with Crippen LogP contribution in [-0.2, 0) is 9.59 Å². The van der Waals surface area contributed by atoms with E-state index in [1.54, 1.807) is 17.0 Å². The Kier molecular flexibility index (Phi) is 4.64. The van der Waals surface area contributed by atoms with E-state index in [1.807, 2.05) is 19.1 Å². The SMILES string of the molecule is CCOc1ccccc1OCC(=O)N1C[C@@H]2CCC[C@@]2(C(=O)O)C1. The van der Waals surface area contributed by atoms with Gasteiger partial charge < -0.3 is 19.5 Å². The summed E-state index contributed by atoms with van der Waals surface area (Å²) in [7, 11) is 0. The Bertz CT molecular complexity index is 632. The summed E-state index contributed by atoms with van der Waals surface area (Å²) in [6.45, 7) is 3.11. The number of nitrogens with zero attached hydrogens (tertiary/aromatic N) is 1. The molecular weight excluding hydrogens is 310 g/mol. The number of hydrogen-bond acceptors (Lipinski definition) is 4. The number of carbonyl (C=O) groups is 2. The number of para-hydroxylation sites is 2. The Morgan fingerprint density at radius 1 is 1.29 bits per heavy atom. The van der Waals surface area contributed by atoms with Crippen molar-refractivity contribution in [3.63, 3.8) is 0 Å². The molecule has 0 radical (unpaired) electrons. The van der Waals surface area contributed by atoms with Crippen LogP contribution in [0.4, 0.5) is 0 Å². The summed E-state index contributed by atoms with van der Waals surface area (Å²) in [5.74, 6) is 0.252. The first-order valence-electron chi connectivity index (χ1n) is 8.42. The zero-order valence-electron chi connectivity index (χ0n) is 13.9. The lowest BCUT2D eigenvalue weighted by Crippen LogP contribution is -2.38. The number of hydrogen-bond donors (Lipinski definition) is 1. The average molecular weight is 333 g/mol. The number of fused-ring (bicyclic) bond motifs is 1. The van der Waals surface area contributed by atoms with E-state index in [9.17, 15) is 14.7 Å². The van der Waals surface area contributed by atoms with E-state index >= 15 is 0 Å². The second kappa shape index (κ2) is 6.71. The van der Waals surface area contributed by atoms with Gasteiger partial charge in [-0.25, -0.2) is 0 Å². The van der Waals surface area contributed by atoms with Crippen LogP contribution in [0.1, 0.15) is 26.2 Å². The normalized spacial score (nSPS) is 25.4. The minimum absolute atomic E-state index is 0.0645. The van der Waals surface area contributed by atoms with Crippen molar-refractivity contribution in [1.29, 1.82) is 0 Å². The second-order valence-corrected chi connectivity index (χ2v) is 6.49. The van der Waals surface area contributed by atoms with Crippen LogP contribution in [0.2, 0.25) is 0 Å². The van der Waals surface area contributed by atoms with Crippen molar-refractivity contribution in [2.45, 2.75) is 26.2 Å². The van der Waals surface area contributed by atoms with E-state index in [4.69, 9.17) is 9.47 Å². The molecule has 1 saturated heterocycles. The molecule has 2 fully saturated rings. The third-order valence-electron chi connectivity index (χ3n) is 5.15. The number of carboxylic acid groups (broad SMARTS) is 1. The predicted octanol–water partition coefficient (Wildman–Crippen LogP) is 2.18. The van der Waals surface area contributed by atoms with Gasteiger partial charge in [0.25, 0.3) is 5.91 Å². The molecule has 1 amide bonds. The van der Waals surface area contributed by atoms with Crippen molar-refractivity contribution in [3.8, 4) is 11.5 Å². The first kappa shape index (κ1) is 16.6. The van der Waals surface area contributed by atoms with E-state index in [1.165, 1.54) is 0 Å². The third-order valence-corrected chi connectivity index (χ3v) is 5.15. The summed E-state index contributed by atoms with van der Waals surface area (Å²) in [6, 6.07) is 7.22. The fraction of sp³-hybridized carbons (Fsp3) is 0.556. The maximum absolute atomic E-state index is 12.5. The van der Waals surface area contributed by atoms with Crippen molar-refractivity contribution in [2.75, 3.05) is 26.3 Å². The van der Waals surface area contributed by atoms with Gasteiger partial charge in [-0.15, -0.1) is 0 Å². The van der Waals surface area contributed by atoms with Gasteiger partial charge in [-0.2, -0.15) is 0 Å². The number of rotatable bonds is 6. The quantitative estimate of drug-likeness (QED) is 0.863. The Labute approximate surface area is 141 Å². The van der Waals surface area contributed by atoms with E-state index in [0.717, 1.165) is 12.8 Å². The van der Waals surface area contributed by atoms with Crippen LogP contribution in [0.25, 0.3) is 0 Å². The van der Waals surface area contributed by atoms with Gasteiger partial charge in [0.05, 0.1) is 12.0 Å². The van der Waals surface area contributed by atoms with E-state index in [2.05, 4.69) is 0 Å². The summed E-state index contributed by atoms with van der Waals surface area (Å²) in [5, 5.41) is 9.59. The molecule has 1 aliphatic heterocycles. The minimum Gasteiger partial charge on any atom is -0.490 e. The van der Waals surface area contributed by atoms with Crippen molar-refractivity contribution in [1.82, 2.24) is 4.90 Å². The monoisotopic (exact) mass is 333 g/mol. The molecule has 24 heavy (non-hydrogen) atoms. The number of carboxylic acids is 1. The molecular formula is C18H23NO5. The van der Waals surface area contributed by atoms with E-state index in [-0.39, 0.29) is 18.4 Å². The molecule has 6 nitrogen and oxygen atoms in total. The van der Waals surface area contributed by atoms with Crippen molar-refractivity contribution in [3.05, 3.63) is 24.3 Å². The highest BCUT2D eigenvalue weighted by atomic mass is 16.5. The number of carbonyl (C=O) groups excluding carboxylic acids is 1. The molecule has 0 spiro atoms. The van der Waals surface area contributed by atoms with Gasteiger partial charge in [0.15, 0.2) is 18.1 Å². The van der Waals surface area contributed by atoms with Gasteiger partial charge in [-0.3, -0.25) is 9.59 Å². The molecule has 1 aromatic carbocycles. The van der Waals surface area contributed by atoms with Crippen LogP contribution < -0.4 is 9.47 Å². The maximum atomic E-state index is 12.5. The molecule has 130 valence electrons. The third kappa shape index (κ3) is 2.92. The Morgan fingerprint density at radius 3 is 2.62 bits per heavy atom. The van der Waals surface area contributed by atoms with Crippen LogP contribution in [0.5, 0.6) is 11.5 Å². The Morgan fingerprint density at radius 2 is 2.00 bits per heavy atom. The lowest BCUT2D eigenvalue weighted by molar-refractivity contribution is -0.149. The zero-order valence-corrected chi connectivity index (χ0v) is 13.9. The first-order valence-corrected chi connectivity index (χ1v) is 8.42. The van der Waals surface area contributed by atoms with Gasteiger partial charge >= 0.3 is 5.97 Å². The number of amides is 1. The summed E-state index contributed by atoms with van der Waals surface area (Å²) in [5.41, 5.74) is -0.751. The average Bonchev–Trinajstić information content (AvgIpc) is 3.12. The molecule has 3 rings (SSSR count). The fourth-order valence-corrected chi connectivity index (χ4v) is 3.90. The number of likely N-dealkylation sites (tertiary alicyclic amines) is 1. The van der Waals surface area contributed by atoms with Gasteiger partial charge in [0.2, 0.25) is 0 Å². The summed E-state index contributed by atoms with van der Waals surface area (Å²) in [4.78, 5) is 25.8. The van der Waals surface area contributed by atoms with Gasteiger partial charge in [0, 0.05) is 13.1 Å². The summed E-state index contributed by atoms with van der Waals surface area (Å²) < 4.78 is 11.1. The van der Waals surface area contributed by atoms with Crippen molar-refractivity contribution in [2.24, 2.45) is 11.3 Å². The zero-order chi connectivity index (χ0) is 17.2. The Balaban J connectivity index is 1.62. The minimum atomic E-state index is -0.775. The van der Waals surface area contributed by atoms with Crippen LogP contribution in [-0.4, -0.2) is 48.2 Å². The molecule has 0 unspecified atom stereocenters. The highest BCUT2D eigenvalue weighted by molar-refractivity contribution is 5.82. The van der Waals surface area contributed by atoms with Crippen LogP contribution in [0.3, 0.4) is 0 Å². The molecule has 1 heterocycles. The lowest BCUT2D eigenvalue weighted by Gasteiger charge is -2.23. The van der Waals surface area contributed by atoms with Gasteiger partial charge in [-0.05, 0) is 37.8 Å². The molecule has 1 N–H and O–H groups in total. The van der Waals surface area contributed by atoms with E-state index in [0.29, 0.717) is 37.6 Å². The van der Waals surface area contributed by atoms with E-state index < -0.39 is 11.4 Å². The smallest absolute Gasteiger partial charge is 0.311 e. The molecule has 0 aromatic heterocycles. The van der Waals surface area contributed by atoms with Crippen LogP contribution >= 0.6 is 0 Å². The Hall–Kier alpha value is -2.24. The van der Waals surface area contributed by atoms with Crippen molar-refractivity contribution >= 4 is 11.9 Å². The molecule has 6 heteroatoms. The van der Waals surface area contributed by atoms with Crippen molar-refractivity contribution < 1.29 is 24.2 Å². The largest absolute Gasteiger partial charge is 0.490 e. The van der Waals surface area contributed by atoms with Gasteiger partial charge in [-0.1, -0.05) is 18.6 Å². The molecule has 2 atom stereocenters. The van der Waals surface area contributed by atoms with Crippen LogP contribution in [0.15, 0.2) is 24.3 Å². The van der Waals surface area contributed by atoms with Crippen LogP contribution in [0, 0.1) is 11.3 Å².